The van der Waals surface area contributed by atoms with Crippen molar-refractivity contribution in [3.63, 3.8) is 0 Å². The molecule has 66 valence electrons. The minimum Gasteiger partial charge on any atom is -0.381 e. The Morgan fingerprint density at radius 1 is 1.09 bits per heavy atom. The average molecular weight is 174 g/mol. The van der Waals surface area contributed by atoms with Crippen LogP contribution in [0.2, 0.25) is 0 Å². The molecular formula is C9H18OS. The van der Waals surface area contributed by atoms with E-state index in [0.29, 0.717) is 4.75 Å². The van der Waals surface area contributed by atoms with Gasteiger partial charge in [-0.25, -0.2) is 0 Å². The molecule has 2 aliphatic heterocycles. The summed E-state index contributed by atoms with van der Waals surface area (Å²) < 4.78 is 5.74. The first-order valence-electron chi connectivity index (χ1n) is 4.42. The van der Waals surface area contributed by atoms with Crippen molar-refractivity contribution in [2.45, 2.75) is 37.9 Å². The molecule has 2 aliphatic rings. The van der Waals surface area contributed by atoms with E-state index in [1.807, 2.05) is 11.8 Å². The van der Waals surface area contributed by atoms with Crippen LogP contribution in [0.5, 0.6) is 0 Å². The maximum atomic E-state index is 5.07. The van der Waals surface area contributed by atoms with Gasteiger partial charge in [0.25, 0.3) is 0 Å². The van der Waals surface area contributed by atoms with E-state index in [9.17, 15) is 0 Å². The van der Waals surface area contributed by atoms with Crippen LogP contribution < -0.4 is 0 Å². The molecule has 11 heavy (non-hydrogen) atoms. The van der Waals surface area contributed by atoms with Gasteiger partial charge in [-0.05, 0) is 33.1 Å². The fourth-order valence-corrected chi connectivity index (χ4v) is 1.12. The molecule has 0 aromatic carbocycles. The van der Waals surface area contributed by atoms with Crippen LogP contribution in [0.3, 0.4) is 0 Å². The second kappa shape index (κ2) is 4.36. The molecule has 1 nitrogen and oxygen atoms in total. The van der Waals surface area contributed by atoms with Gasteiger partial charge in [0, 0.05) is 23.7 Å². The lowest BCUT2D eigenvalue weighted by atomic mass is 10.2. The monoisotopic (exact) mass is 174 g/mol. The van der Waals surface area contributed by atoms with Gasteiger partial charge >= 0.3 is 0 Å². The van der Waals surface area contributed by atoms with E-state index in [1.165, 1.54) is 25.0 Å². The molecule has 0 bridgehead atoms. The molecule has 2 fully saturated rings. The lowest BCUT2D eigenvalue weighted by Crippen LogP contribution is -2.03. The summed E-state index contributed by atoms with van der Waals surface area (Å²) in [5.41, 5.74) is 0. The molecule has 0 saturated carbocycles. The third kappa shape index (κ3) is 5.57. The van der Waals surface area contributed by atoms with Crippen LogP contribution >= 0.6 is 11.8 Å². The molecule has 2 heteroatoms. The Labute approximate surface area is 73.9 Å². The third-order valence-corrected chi connectivity index (χ3v) is 3.24. The standard InChI is InChI=1S/C5H10O.C4H8S/c1-2-4-6-5-3-1;1-4(2)3-5-4/h1-5H2;3H2,1-2H3. The number of thioether (sulfide) groups is 1. The Morgan fingerprint density at radius 3 is 1.64 bits per heavy atom. The molecule has 2 heterocycles. The van der Waals surface area contributed by atoms with Gasteiger partial charge in [-0.1, -0.05) is 0 Å². The summed E-state index contributed by atoms with van der Waals surface area (Å²) in [7, 11) is 0. The highest BCUT2D eigenvalue weighted by Gasteiger charge is 2.31. The molecular weight excluding hydrogens is 156 g/mol. The van der Waals surface area contributed by atoms with Gasteiger partial charge < -0.3 is 4.74 Å². The zero-order valence-corrected chi connectivity index (χ0v) is 8.38. The van der Waals surface area contributed by atoms with E-state index in [4.69, 9.17) is 4.74 Å². The largest absolute Gasteiger partial charge is 0.381 e. The number of hydrogen-bond acceptors (Lipinski definition) is 2. The second-order valence-corrected chi connectivity index (χ2v) is 5.40. The maximum absolute atomic E-state index is 5.07. The number of hydrogen-bond donors (Lipinski definition) is 0. The van der Waals surface area contributed by atoms with Crippen molar-refractivity contribution in [2.75, 3.05) is 19.0 Å². The summed E-state index contributed by atoms with van der Waals surface area (Å²) in [4.78, 5) is 0. The van der Waals surface area contributed by atoms with Crippen LogP contribution in [0.1, 0.15) is 33.1 Å². The fraction of sp³-hybridized carbons (Fsp3) is 1.00. The molecule has 0 atom stereocenters. The molecule has 0 amide bonds. The Kier molecular flexibility index (Phi) is 3.73. The zero-order valence-electron chi connectivity index (χ0n) is 7.56. The van der Waals surface area contributed by atoms with Crippen molar-refractivity contribution in [1.82, 2.24) is 0 Å². The predicted molar refractivity (Wildman–Crippen MR) is 51.2 cm³/mol. The van der Waals surface area contributed by atoms with E-state index in [1.54, 1.807) is 0 Å². The van der Waals surface area contributed by atoms with Gasteiger partial charge in [-0.2, -0.15) is 11.8 Å². The average Bonchev–Trinajstić information content (AvgIpc) is 2.71. The molecule has 0 unspecified atom stereocenters. The van der Waals surface area contributed by atoms with Gasteiger partial charge in [0.1, 0.15) is 0 Å². The third-order valence-electron chi connectivity index (χ3n) is 1.80. The quantitative estimate of drug-likeness (QED) is 0.522. The normalized spacial score (nSPS) is 26.7. The van der Waals surface area contributed by atoms with Gasteiger partial charge in [-0.3, -0.25) is 0 Å². The van der Waals surface area contributed by atoms with Gasteiger partial charge in [0.15, 0.2) is 0 Å². The molecule has 0 radical (unpaired) electrons. The lowest BCUT2D eigenvalue weighted by molar-refractivity contribution is 0.0968. The van der Waals surface area contributed by atoms with Crippen LogP contribution in [-0.2, 0) is 4.74 Å². The molecule has 0 spiro atoms. The van der Waals surface area contributed by atoms with E-state index >= 15 is 0 Å². The Bertz CT molecular complexity index is 90.6. The Balaban J connectivity index is 0.000000112. The van der Waals surface area contributed by atoms with Crippen molar-refractivity contribution in [2.24, 2.45) is 0 Å². The van der Waals surface area contributed by atoms with Crippen molar-refractivity contribution < 1.29 is 4.74 Å². The zero-order chi connectivity index (χ0) is 8.16. The van der Waals surface area contributed by atoms with Crippen molar-refractivity contribution in [1.29, 1.82) is 0 Å². The van der Waals surface area contributed by atoms with E-state index < -0.39 is 0 Å². The SMILES string of the molecule is C1CCOCC1.CC1(C)CS1. The highest BCUT2D eigenvalue weighted by Crippen LogP contribution is 2.42. The molecule has 0 aliphatic carbocycles. The summed E-state index contributed by atoms with van der Waals surface area (Å²) in [6, 6.07) is 0. The van der Waals surface area contributed by atoms with E-state index in [2.05, 4.69) is 13.8 Å². The topological polar surface area (TPSA) is 9.23 Å². The minimum absolute atomic E-state index is 0.667. The molecule has 0 aromatic heterocycles. The first-order valence-corrected chi connectivity index (χ1v) is 5.41. The van der Waals surface area contributed by atoms with Gasteiger partial charge in [-0.15, -0.1) is 0 Å². The highest BCUT2D eigenvalue weighted by molar-refractivity contribution is 8.07. The summed E-state index contributed by atoms with van der Waals surface area (Å²) >= 11 is 2.03. The van der Waals surface area contributed by atoms with Crippen LogP contribution in [0.15, 0.2) is 0 Å². The van der Waals surface area contributed by atoms with E-state index in [0.717, 1.165) is 13.2 Å². The number of ether oxygens (including phenoxy) is 1. The van der Waals surface area contributed by atoms with E-state index in [-0.39, 0.29) is 0 Å². The molecule has 2 saturated heterocycles. The fourth-order valence-electron chi connectivity index (χ4n) is 0.831. The lowest BCUT2D eigenvalue weighted by Gasteiger charge is -2.08. The van der Waals surface area contributed by atoms with Crippen molar-refractivity contribution >= 4 is 11.8 Å². The van der Waals surface area contributed by atoms with Crippen LogP contribution in [0.4, 0.5) is 0 Å². The second-order valence-electron chi connectivity index (χ2n) is 3.72. The highest BCUT2D eigenvalue weighted by atomic mass is 32.2. The van der Waals surface area contributed by atoms with Crippen LogP contribution in [0, 0.1) is 0 Å². The van der Waals surface area contributed by atoms with Crippen molar-refractivity contribution in [3.05, 3.63) is 0 Å². The van der Waals surface area contributed by atoms with Crippen LogP contribution in [0.25, 0.3) is 0 Å². The predicted octanol–water partition coefficient (Wildman–Crippen LogP) is 2.70. The Morgan fingerprint density at radius 2 is 1.55 bits per heavy atom. The maximum Gasteiger partial charge on any atom is 0.0466 e. The minimum atomic E-state index is 0.667. The van der Waals surface area contributed by atoms with Crippen molar-refractivity contribution in [3.8, 4) is 0 Å². The van der Waals surface area contributed by atoms with Crippen LogP contribution in [-0.4, -0.2) is 23.7 Å². The summed E-state index contributed by atoms with van der Waals surface area (Å²) in [5.74, 6) is 1.37. The molecule has 2 rings (SSSR count). The first kappa shape index (κ1) is 9.40. The summed E-state index contributed by atoms with van der Waals surface area (Å²) in [6.07, 6.45) is 3.93. The smallest absolute Gasteiger partial charge is 0.0466 e. The summed E-state index contributed by atoms with van der Waals surface area (Å²) in [5, 5.41) is 0. The molecule has 0 N–H and O–H groups in total. The Hall–Kier alpha value is 0.310. The van der Waals surface area contributed by atoms with Gasteiger partial charge in [0.05, 0.1) is 0 Å². The summed E-state index contributed by atoms with van der Waals surface area (Å²) in [6.45, 7) is 6.52. The van der Waals surface area contributed by atoms with Gasteiger partial charge in [0.2, 0.25) is 0 Å². The number of rotatable bonds is 0. The first-order chi connectivity index (χ1) is 5.21. The molecule has 0 aromatic rings.